The number of aryl methyl sites for hydroxylation is 2. The fraction of sp³-hybridized carbons (Fsp3) is 0.414. The van der Waals surface area contributed by atoms with E-state index in [0.717, 1.165) is 103 Å². The number of likely N-dealkylation sites (tertiary alicyclic amines) is 2. The van der Waals surface area contributed by atoms with E-state index in [0.29, 0.717) is 33.2 Å². The topological polar surface area (TPSA) is 158 Å². The number of benzene rings is 6. The smallest absolute Gasteiger partial charge is 0.374 e. The highest BCUT2D eigenvalue weighted by Crippen LogP contribution is 2.36. The quantitative estimate of drug-likeness (QED) is 0.0347. The molecule has 0 unspecified atom stereocenters. The number of aliphatic hydroxyl groups is 2. The van der Waals surface area contributed by atoms with Gasteiger partial charge in [-0.15, -0.1) is 24.0 Å². The molecule has 0 bridgehead atoms. The van der Waals surface area contributed by atoms with Crippen LogP contribution in [0.5, 0.6) is 11.5 Å². The van der Waals surface area contributed by atoms with Crippen LogP contribution >= 0.6 is 47.2 Å². The van der Waals surface area contributed by atoms with Crippen LogP contribution < -0.4 is 20.5 Å². The summed E-state index contributed by atoms with van der Waals surface area (Å²) in [4.78, 5) is 27.3. The standard InChI is InChI=1S/C29H31ClF2N2O3.C15H21ClN2O2.C14H12F2O2.HI/c30-24-17-22(8-11-26(24)37-23-9-10-23)27(35)25(18-34-14-3-15-34)33-28(36)29(31,32)13-12-19-6-7-20-4-1-2-5-21(20)16-19;16-12-8-10(2-5-14(12)20-11-3-4-11)15(19)13(17)9-18-6-1-7-18;15-14(16,13(17)18)8-7-10-5-6-11-3-1-2-4-12(11)9-10;/h1-2,4-8,11,16-17,23,25,27,35H,3,9-10,12-15,18H2,(H,33,36);2,5,8,11,13,15,19H,1,3-4,6-7,9,17H2;1-6,9H,7-8H2,(H,17,18);1H/t25-,27-;13-,15-;;/m11../s1. The van der Waals surface area contributed by atoms with Crippen molar-refractivity contribution in [3.63, 3.8) is 0 Å². The number of fused-ring (bicyclic) bond motifs is 2. The molecule has 0 aromatic heterocycles. The summed E-state index contributed by atoms with van der Waals surface area (Å²) in [5.41, 5.74) is 8.73. The summed E-state index contributed by atoms with van der Waals surface area (Å²) in [7, 11) is 0. The van der Waals surface area contributed by atoms with Crippen LogP contribution in [0.1, 0.15) is 85.8 Å². The van der Waals surface area contributed by atoms with Gasteiger partial charge in [-0.1, -0.05) is 120 Å². The predicted molar refractivity (Wildman–Crippen MR) is 300 cm³/mol. The van der Waals surface area contributed by atoms with E-state index < -0.39 is 54.8 Å². The first kappa shape index (κ1) is 58.9. The number of alkyl halides is 4. The molecule has 4 atom stereocenters. The van der Waals surface area contributed by atoms with Crippen LogP contribution in [0.2, 0.25) is 10.0 Å². The van der Waals surface area contributed by atoms with Gasteiger partial charge in [-0.2, -0.15) is 17.6 Å². The second-order valence-corrected chi connectivity index (χ2v) is 20.8. The lowest BCUT2D eigenvalue weighted by Crippen LogP contribution is -2.54. The van der Waals surface area contributed by atoms with Gasteiger partial charge in [-0.3, -0.25) is 4.79 Å². The summed E-state index contributed by atoms with van der Waals surface area (Å²) in [5.74, 6) is -9.46. The lowest BCUT2D eigenvalue weighted by Gasteiger charge is -2.36. The number of nitrogens with one attached hydrogen (secondary N) is 1. The molecule has 2 heterocycles. The first-order valence-corrected chi connectivity index (χ1v) is 26.4. The van der Waals surface area contributed by atoms with Gasteiger partial charge in [-0.25, -0.2) is 4.79 Å². The number of carbonyl (C=O) groups excluding carboxylic acids is 1. The normalized spacial score (nSPS) is 17.2. The zero-order valence-corrected chi connectivity index (χ0v) is 45.8. The van der Waals surface area contributed by atoms with Gasteiger partial charge in [0, 0.05) is 32.0 Å². The number of halogens is 7. The Hall–Kier alpha value is -4.79. The molecule has 2 saturated carbocycles. The Morgan fingerprint density at radius 1 is 0.618 bits per heavy atom. The average molecular weight is 1200 g/mol. The van der Waals surface area contributed by atoms with Crippen molar-refractivity contribution in [3.8, 4) is 11.5 Å². The van der Waals surface area contributed by atoms with Crippen LogP contribution in [-0.2, 0) is 22.4 Å². The van der Waals surface area contributed by atoms with Gasteiger partial charge < -0.3 is 45.6 Å². The Balaban J connectivity index is 0.000000182. The van der Waals surface area contributed by atoms with Crippen molar-refractivity contribution in [1.29, 1.82) is 0 Å². The molecule has 6 aromatic carbocycles. The molecule has 408 valence electrons. The van der Waals surface area contributed by atoms with Crippen LogP contribution in [0.3, 0.4) is 0 Å². The molecule has 18 heteroatoms. The van der Waals surface area contributed by atoms with Crippen LogP contribution in [0, 0.1) is 0 Å². The maximum atomic E-state index is 15.0. The molecule has 2 aliphatic heterocycles. The van der Waals surface area contributed by atoms with Gasteiger partial charge >= 0.3 is 17.8 Å². The Morgan fingerprint density at radius 2 is 1.05 bits per heavy atom. The number of nitrogens with two attached hydrogens (primary N) is 1. The SMILES string of the molecule is I.N[C@H](CN1CCC1)[C@H](O)c1ccc(OC2CC2)c(Cl)c1.O=C(N[C@H](CN1CCC1)[C@H](O)c1ccc(OC2CC2)c(Cl)c1)C(F)(F)CCc1ccc2ccccc2c1.O=C(O)C(F)(F)CCc1ccc2ccccc2c1. The van der Waals surface area contributed by atoms with Crippen molar-refractivity contribution < 1.29 is 51.9 Å². The minimum Gasteiger partial charge on any atom is -0.489 e. The largest absolute Gasteiger partial charge is 0.489 e. The number of ether oxygens (including phenoxy) is 2. The molecular weight excluding hydrogens is 1140 g/mol. The number of aliphatic hydroxyl groups excluding tert-OH is 2. The van der Waals surface area contributed by atoms with Crippen molar-refractivity contribution in [1.82, 2.24) is 15.1 Å². The summed E-state index contributed by atoms with van der Waals surface area (Å²) in [5, 5.41) is 37.1. The molecule has 0 spiro atoms. The highest BCUT2D eigenvalue weighted by molar-refractivity contribution is 14.0. The van der Waals surface area contributed by atoms with E-state index in [1.54, 1.807) is 30.3 Å². The number of hydrogen-bond acceptors (Lipinski definition) is 9. The zero-order chi connectivity index (χ0) is 53.3. The third-order valence-corrected chi connectivity index (χ3v) is 14.5. The third kappa shape index (κ3) is 16.6. The second kappa shape index (κ2) is 26.7. The van der Waals surface area contributed by atoms with Crippen LogP contribution in [0.25, 0.3) is 21.5 Å². The number of hydrogen-bond donors (Lipinski definition) is 5. The number of carbonyl (C=O) groups is 2. The molecule has 6 aromatic rings. The molecule has 2 aliphatic carbocycles. The fourth-order valence-corrected chi connectivity index (χ4v) is 9.19. The minimum absolute atomic E-state index is 0. The highest BCUT2D eigenvalue weighted by Gasteiger charge is 2.41. The number of nitrogens with zero attached hydrogens (tertiary/aromatic N) is 2. The zero-order valence-electron chi connectivity index (χ0n) is 41.9. The number of amides is 1. The van der Waals surface area contributed by atoms with Crippen LogP contribution in [-0.4, -0.2) is 112 Å². The predicted octanol–water partition coefficient (Wildman–Crippen LogP) is 11.6. The third-order valence-electron chi connectivity index (χ3n) is 13.9. The van der Waals surface area contributed by atoms with Gasteiger partial charge in [0.1, 0.15) is 17.6 Å². The van der Waals surface area contributed by atoms with Crippen molar-refractivity contribution in [3.05, 3.63) is 154 Å². The minimum atomic E-state index is -3.66. The molecule has 6 N–H and O–H groups in total. The number of rotatable bonds is 21. The second-order valence-electron chi connectivity index (χ2n) is 20.0. The average Bonchev–Trinajstić information content (AvgIpc) is 4.33. The van der Waals surface area contributed by atoms with E-state index in [4.69, 9.17) is 43.5 Å². The Morgan fingerprint density at radius 3 is 1.47 bits per heavy atom. The summed E-state index contributed by atoms with van der Waals surface area (Å²) >= 11 is 12.6. The van der Waals surface area contributed by atoms with Gasteiger partial charge in [-0.05, 0) is 146 Å². The van der Waals surface area contributed by atoms with E-state index in [2.05, 4.69) is 10.2 Å². The Kier molecular flexibility index (Phi) is 20.7. The van der Waals surface area contributed by atoms with E-state index >= 15 is 0 Å². The molecule has 4 fully saturated rings. The summed E-state index contributed by atoms with van der Waals surface area (Å²) in [6.45, 7) is 4.74. The lowest BCUT2D eigenvalue weighted by atomic mass is 9.99. The number of carboxylic acid groups (broad SMARTS) is 1. The number of aliphatic carboxylic acids is 1. The van der Waals surface area contributed by atoms with E-state index in [-0.39, 0.29) is 55.5 Å². The highest BCUT2D eigenvalue weighted by atomic mass is 127. The molecule has 10 rings (SSSR count). The molecule has 2 saturated heterocycles. The Labute approximate surface area is 467 Å². The van der Waals surface area contributed by atoms with Gasteiger partial charge in [0.25, 0.3) is 5.91 Å². The molecule has 0 radical (unpaired) electrons. The lowest BCUT2D eigenvalue weighted by molar-refractivity contribution is -0.165. The first-order valence-electron chi connectivity index (χ1n) is 25.6. The first-order chi connectivity index (χ1) is 35.9. The Bertz CT molecular complexity index is 2910. The van der Waals surface area contributed by atoms with Gasteiger partial charge in [0.05, 0.1) is 34.4 Å². The van der Waals surface area contributed by atoms with Crippen molar-refractivity contribution in [2.24, 2.45) is 5.73 Å². The van der Waals surface area contributed by atoms with Crippen molar-refractivity contribution in [2.45, 2.75) is 113 Å². The van der Waals surface area contributed by atoms with Gasteiger partial charge in [0.15, 0.2) is 0 Å². The van der Waals surface area contributed by atoms with Gasteiger partial charge in [0.2, 0.25) is 0 Å². The van der Waals surface area contributed by atoms with Crippen molar-refractivity contribution in [2.75, 3.05) is 39.3 Å². The molecule has 4 aliphatic rings. The van der Waals surface area contributed by atoms with E-state index in [1.807, 2.05) is 95.9 Å². The van der Waals surface area contributed by atoms with Crippen LogP contribution in [0.15, 0.2) is 121 Å². The summed E-state index contributed by atoms with van der Waals surface area (Å²) < 4.78 is 67.3. The molecular formula is C58H65Cl2F4IN4O7. The maximum Gasteiger partial charge on any atom is 0.374 e. The summed E-state index contributed by atoms with van der Waals surface area (Å²) in [6.07, 6.45) is 3.79. The van der Waals surface area contributed by atoms with Crippen LogP contribution in [0.4, 0.5) is 17.6 Å². The van der Waals surface area contributed by atoms with E-state index in [9.17, 15) is 37.4 Å². The van der Waals surface area contributed by atoms with Crippen molar-refractivity contribution >= 4 is 80.6 Å². The molecule has 1 amide bonds. The van der Waals surface area contributed by atoms with E-state index in [1.165, 1.54) is 6.42 Å². The number of carboxylic acids is 1. The monoisotopic (exact) mass is 1200 g/mol. The fourth-order valence-electron chi connectivity index (χ4n) is 8.72. The summed E-state index contributed by atoms with van der Waals surface area (Å²) in [6, 6.07) is 35.5. The molecule has 11 nitrogen and oxygen atoms in total. The maximum absolute atomic E-state index is 15.0. The molecule has 76 heavy (non-hydrogen) atoms.